The van der Waals surface area contributed by atoms with Crippen LogP contribution in [0, 0.1) is 0 Å². The Morgan fingerprint density at radius 2 is 2.00 bits per heavy atom. The summed E-state index contributed by atoms with van der Waals surface area (Å²) in [5.41, 5.74) is 6.15. The average molecular weight is 186 g/mol. The van der Waals surface area contributed by atoms with E-state index in [0.29, 0.717) is 5.54 Å². The SMILES string of the molecule is NCC1(NC2CC2)CCSCC1. The maximum Gasteiger partial charge on any atom is 0.0322 e. The van der Waals surface area contributed by atoms with E-state index in [1.165, 1.54) is 37.2 Å². The second-order valence-corrected chi connectivity index (χ2v) is 5.24. The molecule has 0 aromatic heterocycles. The van der Waals surface area contributed by atoms with Gasteiger partial charge in [0.25, 0.3) is 0 Å². The van der Waals surface area contributed by atoms with Crippen molar-refractivity contribution in [2.45, 2.75) is 37.3 Å². The summed E-state index contributed by atoms with van der Waals surface area (Å²) >= 11 is 2.06. The van der Waals surface area contributed by atoms with Crippen LogP contribution in [0.15, 0.2) is 0 Å². The first-order chi connectivity index (χ1) is 5.85. The van der Waals surface area contributed by atoms with Crippen LogP contribution in [0.25, 0.3) is 0 Å². The van der Waals surface area contributed by atoms with E-state index < -0.39 is 0 Å². The van der Waals surface area contributed by atoms with Crippen molar-refractivity contribution in [3.8, 4) is 0 Å². The Labute approximate surface area is 78.7 Å². The predicted octanol–water partition coefficient (Wildman–Crippen LogP) is 0.963. The van der Waals surface area contributed by atoms with Gasteiger partial charge >= 0.3 is 0 Å². The lowest BCUT2D eigenvalue weighted by Crippen LogP contribution is -2.54. The molecule has 1 aliphatic carbocycles. The first-order valence-electron chi connectivity index (χ1n) is 4.90. The van der Waals surface area contributed by atoms with Crippen LogP contribution in [0.5, 0.6) is 0 Å². The fourth-order valence-corrected chi connectivity index (χ4v) is 3.10. The van der Waals surface area contributed by atoms with Crippen molar-refractivity contribution in [3.63, 3.8) is 0 Å². The second kappa shape index (κ2) is 3.56. The third-order valence-electron chi connectivity index (χ3n) is 2.93. The molecule has 3 N–H and O–H groups in total. The van der Waals surface area contributed by atoms with Crippen molar-refractivity contribution in [1.82, 2.24) is 5.32 Å². The number of nitrogens with one attached hydrogen (secondary N) is 1. The third kappa shape index (κ3) is 1.95. The summed E-state index contributed by atoms with van der Waals surface area (Å²) < 4.78 is 0. The number of nitrogens with two attached hydrogens (primary N) is 1. The molecule has 1 heterocycles. The number of rotatable bonds is 3. The normalized spacial score (nSPS) is 28.8. The van der Waals surface area contributed by atoms with Crippen molar-refractivity contribution < 1.29 is 0 Å². The molecular weight excluding hydrogens is 168 g/mol. The molecular formula is C9H18N2S. The predicted molar refractivity (Wildman–Crippen MR) is 54.5 cm³/mol. The van der Waals surface area contributed by atoms with Crippen LogP contribution in [-0.4, -0.2) is 29.6 Å². The van der Waals surface area contributed by atoms with Gasteiger partial charge in [-0.3, -0.25) is 0 Å². The standard InChI is InChI=1S/C9H18N2S/c10-7-9(11-8-1-2-8)3-5-12-6-4-9/h8,11H,1-7,10H2. The van der Waals surface area contributed by atoms with Gasteiger partial charge in [-0.25, -0.2) is 0 Å². The van der Waals surface area contributed by atoms with Gasteiger partial charge in [-0.15, -0.1) is 0 Å². The summed E-state index contributed by atoms with van der Waals surface area (Å²) in [6.45, 7) is 0.823. The smallest absolute Gasteiger partial charge is 0.0322 e. The van der Waals surface area contributed by atoms with Crippen LogP contribution >= 0.6 is 11.8 Å². The van der Waals surface area contributed by atoms with Crippen molar-refractivity contribution in [3.05, 3.63) is 0 Å². The summed E-state index contributed by atoms with van der Waals surface area (Å²) in [6.07, 6.45) is 5.28. The molecule has 0 unspecified atom stereocenters. The first-order valence-corrected chi connectivity index (χ1v) is 6.06. The Balaban J connectivity index is 1.90. The van der Waals surface area contributed by atoms with E-state index in [9.17, 15) is 0 Å². The molecule has 0 radical (unpaired) electrons. The molecule has 1 aliphatic heterocycles. The Morgan fingerprint density at radius 1 is 1.33 bits per heavy atom. The molecule has 2 fully saturated rings. The second-order valence-electron chi connectivity index (χ2n) is 4.02. The lowest BCUT2D eigenvalue weighted by Gasteiger charge is -2.37. The van der Waals surface area contributed by atoms with Crippen molar-refractivity contribution >= 4 is 11.8 Å². The molecule has 0 bridgehead atoms. The molecule has 3 heteroatoms. The highest BCUT2D eigenvalue weighted by Gasteiger charge is 2.35. The van der Waals surface area contributed by atoms with Crippen LogP contribution in [0.3, 0.4) is 0 Å². The molecule has 2 aliphatic rings. The van der Waals surface area contributed by atoms with Gasteiger partial charge in [0.15, 0.2) is 0 Å². The monoisotopic (exact) mass is 186 g/mol. The fraction of sp³-hybridized carbons (Fsp3) is 1.00. The first kappa shape index (κ1) is 8.85. The summed E-state index contributed by atoms with van der Waals surface area (Å²) in [4.78, 5) is 0. The van der Waals surface area contributed by atoms with E-state index in [1.54, 1.807) is 0 Å². The summed E-state index contributed by atoms with van der Waals surface area (Å²) in [5, 5.41) is 3.72. The van der Waals surface area contributed by atoms with Crippen LogP contribution in [-0.2, 0) is 0 Å². The number of thioether (sulfide) groups is 1. The molecule has 12 heavy (non-hydrogen) atoms. The highest BCUT2D eigenvalue weighted by molar-refractivity contribution is 7.99. The average Bonchev–Trinajstić information content (AvgIpc) is 2.90. The largest absolute Gasteiger partial charge is 0.329 e. The van der Waals surface area contributed by atoms with E-state index in [1.807, 2.05) is 0 Å². The minimum absolute atomic E-state index is 0.312. The molecule has 1 saturated heterocycles. The third-order valence-corrected chi connectivity index (χ3v) is 3.91. The van der Waals surface area contributed by atoms with Gasteiger partial charge in [-0.2, -0.15) is 11.8 Å². The van der Waals surface area contributed by atoms with Crippen molar-refractivity contribution in [1.29, 1.82) is 0 Å². The Morgan fingerprint density at radius 3 is 2.50 bits per heavy atom. The van der Waals surface area contributed by atoms with Crippen LogP contribution in [0.2, 0.25) is 0 Å². The molecule has 2 nitrogen and oxygen atoms in total. The van der Waals surface area contributed by atoms with E-state index in [-0.39, 0.29) is 0 Å². The lowest BCUT2D eigenvalue weighted by atomic mass is 9.92. The molecule has 0 amide bonds. The topological polar surface area (TPSA) is 38.0 Å². The summed E-state index contributed by atoms with van der Waals surface area (Å²) in [6, 6.07) is 0.802. The Hall–Kier alpha value is 0.270. The zero-order valence-corrected chi connectivity index (χ0v) is 8.33. The van der Waals surface area contributed by atoms with Gasteiger partial charge in [0.1, 0.15) is 0 Å². The van der Waals surface area contributed by atoms with Crippen molar-refractivity contribution in [2.24, 2.45) is 5.73 Å². The van der Waals surface area contributed by atoms with Crippen molar-refractivity contribution in [2.75, 3.05) is 18.1 Å². The van der Waals surface area contributed by atoms with Crippen LogP contribution < -0.4 is 11.1 Å². The molecule has 0 aromatic carbocycles. The lowest BCUT2D eigenvalue weighted by molar-refractivity contribution is 0.305. The minimum Gasteiger partial charge on any atom is -0.329 e. The van der Waals surface area contributed by atoms with Gasteiger partial charge < -0.3 is 11.1 Å². The van der Waals surface area contributed by atoms with Crippen LogP contribution in [0.1, 0.15) is 25.7 Å². The Kier molecular flexibility index (Phi) is 2.63. The highest BCUT2D eigenvalue weighted by Crippen LogP contribution is 2.30. The molecule has 1 saturated carbocycles. The minimum atomic E-state index is 0.312. The quantitative estimate of drug-likeness (QED) is 0.689. The van der Waals surface area contributed by atoms with E-state index >= 15 is 0 Å². The van der Waals surface area contributed by atoms with Gasteiger partial charge in [0, 0.05) is 18.1 Å². The Bertz CT molecular complexity index is 151. The van der Waals surface area contributed by atoms with Gasteiger partial charge in [-0.05, 0) is 37.2 Å². The summed E-state index contributed by atoms with van der Waals surface area (Å²) in [7, 11) is 0. The van der Waals surface area contributed by atoms with E-state index in [4.69, 9.17) is 5.73 Å². The molecule has 0 atom stereocenters. The fourth-order valence-electron chi connectivity index (χ4n) is 1.83. The molecule has 0 aromatic rings. The maximum absolute atomic E-state index is 5.84. The summed E-state index contributed by atoms with van der Waals surface area (Å²) in [5.74, 6) is 2.58. The number of hydrogen-bond acceptors (Lipinski definition) is 3. The molecule has 2 rings (SSSR count). The van der Waals surface area contributed by atoms with Gasteiger partial charge in [0.2, 0.25) is 0 Å². The molecule has 70 valence electrons. The van der Waals surface area contributed by atoms with Crippen LogP contribution in [0.4, 0.5) is 0 Å². The van der Waals surface area contributed by atoms with E-state index in [2.05, 4.69) is 17.1 Å². The highest BCUT2D eigenvalue weighted by atomic mass is 32.2. The van der Waals surface area contributed by atoms with Gasteiger partial charge in [-0.1, -0.05) is 0 Å². The number of hydrogen-bond donors (Lipinski definition) is 2. The maximum atomic E-state index is 5.84. The van der Waals surface area contributed by atoms with E-state index in [0.717, 1.165) is 12.6 Å². The van der Waals surface area contributed by atoms with Gasteiger partial charge in [0.05, 0.1) is 0 Å². The zero-order valence-electron chi connectivity index (χ0n) is 7.51. The zero-order chi connectivity index (χ0) is 8.44. The molecule has 0 spiro atoms.